The first-order valence-electron chi connectivity index (χ1n) is 9.34. The van der Waals surface area contributed by atoms with Crippen molar-refractivity contribution in [2.45, 2.75) is 20.8 Å². The van der Waals surface area contributed by atoms with Gasteiger partial charge >= 0.3 is 0 Å². The molecule has 0 saturated carbocycles. The van der Waals surface area contributed by atoms with Gasteiger partial charge in [-0.2, -0.15) is 0 Å². The van der Waals surface area contributed by atoms with Crippen LogP contribution in [0, 0.1) is 6.92 Å². The predicted octanol–water partition coefficient (Wildman–Crippen LogP) is 3.23. The van der Waals surface area contributed by atoms with Gasteiger partial charge in [-0.15, -0.1) is 0 Å². The first kappa shape index (κ1) is 21.3. The molecule has 0 heterocycles. The van der Waals surface area contributed by atoms with Crippen molar-refractivity contribution in [2.24, 2.45) is 0 Å². The summed E-state index contributed by atoms with van der Waals surface area (Å²) in [5, 5.41) is 2.87. The molecule has 0 bridgehead atoms. The number of ether oxygens (including phenoxy) is 2. The Balaban J connectivity index is 1.83. The summed E-state index contributed by atoms with van der Waals surface area (Å²) in [7, 11) is 1.50. The highest BCUT2D eigenvalue weighted by atomic mass is 16.5. The largest absolute Gasteiger partial charge is 0.493 e. The molecule has 2 aromatic rings. The van der Waals surface area contributed by atoms with Gasteiger partial charge in [0.1, 0.15) is 0 Å². The van der Waals surface area contributed by atoms with Crippen LogP contribution in [0.3, 0.4) is 0 Å². The predicted molar refractivity (Wildman–Crippen MR) is 111 cm³/mol. The maximum Gasteiger partial charge on any atom is 0.258 e. The average molecular weight is 384 g/mol. The highest BCUT2D eigenvalue weighted by Gasteiger charge is 2.11. The normalized spacial score (nSPS) is 10.3. The number of aryl methyl sites for hydroxylation is 1. The van der Waals surface area contributed by atoms with Gasteiger partial charge in [-0.05, 0) is 56.7 Å². The molecular weight excluding hydrogens is 356 g/mol. The van der Waals surface area contributed by atoms with Gasteiger partial charge in [-0.25, -0.2) is 0 Å². The summed E-state index contributed by atoms with van der Waals surface area (Å²) in [5.41, 5.74) is 2.88. The van der Waals surface area contributed by atoms with E-state index in [-0.39, 0.29) is 18.3 Å². The van der Waals surface area contributed by atoms with Crippen molar-refractivity contribution < 1.29 is 19.1 Å². The van der Waals surface area contributed by atoms with E-state index in [0.717, 1.165) is 12.2 Å². The first-order chi connectivity index (χ1) is 13.4. The molecule has 0 radical (unpaired) electrons. The number of nitrogens with zero attached hydrogens (tertiary/aromatic N) is 1. The molecule has 0 fully saturated rings. The second kappa shape index (κ2) is 10.3. The number of anilines is 1. The van der Waals surface area contributed by atoms with E-state index < -0.39 is 0 Å². The number of hydrogen-bond acceptors (Lipinski definition) is 5. The fourth-order valence-corrected chi connectivity index (χ4v) is 2.82. The molecule has 2 aromatic carbocycles. The van der Waals surface area contributed by atoms with Gasteiger partial charge in [-0.3, -0.25) is 9.59 Å². The van der Waals surface area contributed by atoms with Gasteiger partial charge in [-0.1, -0.05) is 12.1 Å². The summed E-state index contributed by atoms with van der Waals surface area (Å²) in [4.78, 5) is 25.8. The number of methoxy groups -OCH3 is 1. The molecule has 0 aliphatic heterocycles. The van der Waals surface area contributed by atoms with E-state index in [9.17, 15) is 9.59 Å². The molecule has 1 N–H and O–H groups in total. The Morgan fingerprint density at radius 2 is 1.89 bits per heavy atom. The van der Waals surface area contributed by atoms with E-state index in [1.165, 1.54) is 19.6 Å². The van der Waals surface area contributed by atoms with Crippen LogP contribution in [0.1, 0.15) is 29.8 Å². The monoisotopic (exact) mass is 384 g/mol. The van der Waals surface area contributed by atoms with Crippen LogP contribution >= 0.6 is 0 Å². The molecule has 0 aliphatic rings. The van der Waals surface area contributed by atoms with Crippen LogP contribution in [0.25, 0.3) is 0 Å². The fraction of sp³-hybridized carbons (Fsp3) is 0.364. The standard InChI is InChI=1S/C22H28N2O4/c1-5-24(19-8-6-7-16(2)13-19)12-11-23-22(26)15-28-20-10-9-18(17(3)25)14-21(20)27-4/h6-10,13-14H,5,11-12,15H2,1-4H3,(H,23,26). The number of nitrogens with one attached hydrogen (secondary N) is 1. The highest BCUT2D eigenvalue weighted by molar-refractivity contribution is 5.94. The topological polar surface area (TPSA) is 67.9 Å². The van der Waals surface area contributed by atoms with Crippen LogP contribution in [0.2, 0.25) is 0 Å². The van der Waals surface area contributed by atoms with E-state index >= 15 is 0 Å². The van der Waals surface area contributed by atoms with E-state index in [1.807, 2.05) is 6.07 Å². The van der Waals surface area contributed by atoms with Gasteiger partial charge < -0.3 is 19.7 Å². The quantitative estimate of drug-likeness (QED) is 0.637. The Morgan fingerprint density at radius 1 is 1.11 bits per heavy atom. The Kier molecular flexibility index (Phi) is 7.87. The Morgan fingerprint density at radius 3 is 2.54 bits per heavy atom. The van der Waals surface area contributed by atoms with Crippen molar-refractivity contribution in [1.29, 1.82) is 0 Å². The second-order valence-electron chi connectivity index (χ2n) is 6.48. The van der Waals surface area contributed by atoms with Crippen LogP contribution in [0.4, 0.5) is 5.69 Å². The van der Waals surface area contributed by atoms with Crippen molar-refractivity contribution in [1.82, 2.24) is 5.32 Å². The smallest absolute Gasteiger partial charge is 0.258 e. The molecule has 6 nitrogen and oxygen atoms in total. The Labute approximate surface area is 166 Å². The summed E-state index contributed by atoms with van der Waals surface area (Å²) in [6, 6.07) is 13.2. The van der Waals surface area contributed by atoms with E-state index in [0.29, 0.717) is 30.2 Å². The van der Waals surface area contributed by atoms with Crippen molar-refractivity contribution in [3.63, 3.8) is 0 Å². The molecule has 0 unspecified atom stereocenters. The number of rotatable bonds is 10. The Hall–Kier alpha value is -3.02. The molecule has 0 saturated heterocycles. The SMILES string of the molecule is CCN(CCNC(=O)COc1ccc(C(C)=O)cc1OC)c1cccc(C)c1. The summed E-state index contributed by atoms with van der Waals surface area (Å²) in [6.45, 7) is 7.60. The van der Waals surface area contributed by atoms with E-state index in [4.69, 9.17) is 9.47 Å². The number of ketones is 1. The third-order valence-corrected chi connectivity index (χ3v) is 4.38. The number of carbonyl (C=O) groups is 2. The lowest BCUT2D eigenvalue weighted by molar-refractivity contribution is -0.123. The third kappa shape index (κ3) is 6.01. The van der Waals surface area contributed by atoms with Crippen molar-refractivity contribution in [3.8, 4) is 11.5 Å². The highest BCUT2D eigenvalue weighted by Crippen LogP contribution is 2.28. The lowest BCUT2D eigenvalue weighted by atomic mass is 10.1. The summed E-state index contributed by atoms with van der Waals surface area (Å²) in [6.07, 6.45) is 0. The summed E-state index contributed by atoms with van der Waals surface area (Å²) in [5.74, 6) is 0.587. The molecule has 6 heteroatoms. The minimum atomic E-state index is -0.210. The number of carbonyl (C=O) groups excluding carboxylic acids is 2. The van der Waals surface area contributed by atoms with Gasteiger partial charge in [0.05, 0.1) is 7.11 Å². The van der Waals surface area contributed by atoms with Gasteiger partial charge in [0.15, 0.2) is 23.9 Å². The van der Waals surface area contributed by atoms with Crippen LogP contribution in [0.5, 0.6) is 11.5 Å². The van der Waals surface area contributed by atoms with Gasteiger partial charge in [0, 0.05) is 30.9 Å². The number of benzene rings is 2. The first-order valence-corrected chi connectivity index (χ1v) is 9.34. The zero-order valence-corrected chi connectivity index (χ0v) is 17.0. The average Bonchev–Trinajstić information content (AvgIpc) is 2.69. The molecule has 28 heavy (non-hydrogen) atoms. The minimum Gasteiger partial charge on any atom is -0.493 e. The van der Waals surface area contributed by atoms with E-state index in [2.05, 4.69) is 42.3 Å². The molecule has 0 aromatic heterocycles. The molecule has 0 aliphatic carbocycles. The van der Waals surface area contributed by atoms with Crippen LogP contribution in [-0.4, -0.2) is 45.0 Å². The maximum atomic E-state index is 12.1. The molecule has 2 rings (SSSR count). The number of Topliss-reactive ketones (excluding diaryl/α,β-unsaturated/α-hetero) is 1. The third-order valence-electron chi connectivity index (χ3n) is 4.38. The molecule has 150 valence electrons. The van der Waals surface area contributed by atoms with Crippen molar-refractivity contribution in [2.75, 3.05) is 38.3 Å². The van der Waals surface area contributed by atoms with Crippen LogP contribution < -0.4 is 19.7 Å². The van der Waals surface area contributed by atoms with Gasteiger partial charge in [0.2, 0.25) is 0 Å². The molecule has 0 spiro atoms. The van der Waals surface area contributed by atoms with E-state index in [1.54, 1.807) is 18.2 Å². The van der Waals surface area contributed by atoms with Crippen LogP contribution in [0.15, 0.2) is 42.5 Å². The number of amides is 1. The lowest BCUT2D eigenvalue weighted by Crippen LogP contribution is -2.37. The van der Waals surface area contributed by atoms with Gasteiger partial charge in [0.25, 0.3) is 5.91 Å². The zero-order chi connectivity index (χ0) is 20.5. The summed E-state index contributed by atoms with van der Waals surface area (Å²) < 4.78 is 10.8. The zero-order valence-electron chi connectivity index (χ0n) is 17.0. The minimum absolute atomic E-state index is 0.0586. The van der Waals surface area contributed by atoms with Crippen LogP contribution in [-0.2, 0) is 4.79 Å². The second-order valence-corrected chi connectivity index (χ2v) is 6.48. The molecular formula is C22H28N2O4. The molecule has 1 amide bonds. The number of hydrogen-bond donors (Lipinski definition) is 1. The number of likely N-dealkylation sites (N-methyl/N-ethyl adjacent to an activating group) is 1. The fourth-order valence-electron chi connectivity index (χ4n) is 2.82. The maximum absolute atomic E-state index is 12.1. The van der Waals surface area contributed by atoms with Crippen molar-refractivity contribution in [3.05, 3.63) is 53.6 Å². The summed E-state index contributed by atoms with van der Waals surface area (Å²) >= 11 is 0. The Bertz CT molecular complexity index is 820. The van der Waals surface area contributed by atoms with Crippen molar-refractivity contribution >= 4 is 17.4 Å². The lowest BCUT2D eigenvalue weighted by Gasteiger charge is -2.23. The molecule has 0 atom stereocenters.